The lowest BCUT2D eigenvalue weighted by Crippen LogP contribution is -2.81. The van der Waals surface area contributed by atoms with E-state index in [4.69, 9.17) is 0 Å². The molecule has 0 aromatic carbocycles. The smallest absolute Gasteiger partial charge is 0.118 e. The van der Waals surface area contributed by atoms with Gasteiger partial charge in [0, 0.05) is 24.3 Å². The summed E-state index contributed by atoms with van der Waals surface area (Å²) in [6.07, 6.45) is 21.8. The summed E-state index contributed by atoms with van der Waals surface area (Å²) in [6.45, 7) is 6.68. The van der Waals surface area contributed by atoms with E-state index in [9.17, 15) is 5.11 Å². The second-order valence-electron chi connectivity index (χ2n) is 11.4. The van der Waals surface area contributed by atoms with Crippen LogP contribution in [-0.2, 0) is 0 Å². The first-order chi connectivity index (χ1) is 14.2. The van der Waals surface area contributed by atoms with E-state index in [1.54, 1.807) is 0 Å². The standard InChI is InChI=1S/C26H41N2O/c29-24-10-6-8-16-28-18-21-17-20-9-5-3-1-2-4-7-14-27-15-12-22(21)26(19-27,25(20)28)13-11-23(24)28/h1,3,17,21-25,29H,2,4-16,18-19H2/q+1/b3-1-/t21-,22-,23+,24+,25-,26-,28?/m0/s1. The minimum absolute atomic E-state index is 0.0597. The number of hydrogen-bond acceptors (Lipinski definition) is 2. The minimum Gasteiger partial charge on any atom is -0.387 e. The molecule has 1 aliphatic carbocycles. The van der Waals surface area contributed by atoms with Crippen LogP contribution in [0.2, 0.25) is 0 Å². The lowest BCUT2D eigenvalue weighted by molar-refractivity contribution is -0.995. The Morgan fingerprint density at radius 2 is 1.93 bits per heavy atom. The minimum atomic E-state index is -0.0597. The zero-order chi connectivity index (χ0) is 19.5. The normalized spacial score (nSPS) is 52.9. The van der Waals surface area contributed by atoms with Crippen LogP contribution < -0.4 is 0 Å². The molecule has 1 N–H and O–H groups in total. The molecule has 6 heterocycles. The molecular weight excluding hydrogens is 356 g/mol. The number of aliphatic hydroxyl groups excluding tert-OH is 1. The van der Waals surface area contributed by atoms with Crippen LogP contribution in [0.15, 0.2) is 23.8 Å². The van der Waals surface area contributed by atoms with Crippen molar-refractivity contribution in [3.05, 3.63) is 23.8 Å². The highest BCUT2D eigenvalue weighted by atomic mass is 16.3. The molecule has 3 heteroatoms. The number of aliphatic hydroxyl groups is 1. The van der Waals surface area contributed by atoms with Crippen molar-refractivity contribution in [3.8, 4) is 0 Å². The Bertz CT molecular complexity index is 701. The molecule has 0 amide bonds. The summed E-state index contributed by atoms with van der Waals surface area (Å²) in [4.78, 5) is 2.86. The molecule has 29 heavy (non-hydrogen) atoms. The molecule has 4 saturated heterocycles. The van der Waals surface area contributed by atoms with Gasteiger partial charge in [0.1, 0.15) is 18.2 Å². The number of hydrogen-bond donors (Lipinski definition) is 1. The van der Waals surface area contributed by atoms with Gasteiger partial charge in [-0.2, -0.15) is 0 Å². The Morgan fingerprint density at radius 3 is 2.90 bits per heavy atom. The maximum atomic E-state index is 11.2. The van der Waals surface area contributed by atoms with E-state index in [0.717, 1.165) is 18.3 Å². The second kappa shape index (κ2) is 7.21. The van der Waals surface area contributed by atoms with Crippen molar-refractivity contribution in [1.29, 1.82) is 0 Å². The molecule has 2 unspecified atom stereocenters. The molecule has 0 aromatic heterocycles. The predicted molar refractivity (Wildman–Crippen MR) is 117 cm³/mol. The van der Waals surface area contributed by atoms with Crippen LogP contribution in [-0.4, -0.2) is 65.4 Å². The predicted octanol–water partition coefficient (Wildman–Crippen LogP) is 4.28. The summed E-state index contributed by atoms with van der Waals surface area (Å²) in [5.41, 5.74) is 2.31. The molecule has 0 saturated carbocycles. The van der Waals surface area contributed by atoms with E-state index in [-0.39, 0.29) is 6.10 Å². The van der Waals surface area contributed by atoms with Gasteiger partial charge in [0.15, 0.2) is 0 Å². The van der Waals surface area contributed by atoms with Gasteiger partial charge in [0.05, 0.1) is 13.1 Å². The monoisotopic (exact) mass is 397 g/mol. The van der Waals surface area contributed by atoms with Gasteiger partial charge in [0.25, 0.3) is 0 Å². The summed E-state index contributed by atoms with van der Waals surface area (Å²) in [6, 6.07) is 1.22. The third-order valence-corrected chi connectivity index (χ3v) is 10.1. The largest absolute Gasteiger partial charge is 0.387 e. The van der Waals surface area contributed by atoms with Crippen LogP contribution in [0.4, 0.5) is 0 Å². The maximum Gasteiger partial charge on any atom is 0.118 e. The molecule has 7 aliphatic rings. The van der Waals surface area contributed by atoms with Gasteiger partial charge in [-0.1, -0.05) is 18.2 Å². The first kappa shape index (κ1) is 19.1. The Morgan fingerprint density at radius 1 is 1.00 bits per heavy atom. The summed E-state index contributed by atoms with van der Waals surface area (Å²) in [7, 11) is 0. The van der Waals surface area contributed by atoms with Crippen LogP contribution in [0.5, 0.6) is 0 Å². The van der Waals surface area contributed by atoms with Gasteiger partial charge < -0.3 is 14.5 Å². The van der Waals surface area contributed by atoms with Crippen LogP contribution in [0, 0.1) is 17.3 Å². The highest BCUT2D eigenvalue weighted by Gasteiger charge is 2.70. The highest BCUT2D eigenvalue weighted by Crippen LogP contribution is 2.64. The first-order valence-electron chi connectivity index (χ1n) is 12.9. The first-order valence-corrected chi connectivity index (χ1v) is 12.9. The lowest BCUT2D eigenvalue weighted by atomic mass is 9.48. The third-order valence-electron chi connectivity index (χ3n) is 10.1. The van der Waals surface area contributed by atoms with Crippen LogP contribution in [0.25, 0.3) is 0 Å². The average molecular weight is 398 g/mol. The van der Waals surface area contributed by atoms with Gasteiger partial charge in [-0.3, -0.25) is 0 Å². The zero-order valence-electron chi connectivity index (χ0n) is 18.3. The van der Waals surface area contributed by atoms with Crippen molar-refractivity contribution in [1.82, 2.24) is 4.90 Å². The molecule has 6 bridgehead atoms. The molecule has 0 aromatic rings. The fourth-order valence-electron chi connectivity index (χ4n) is 9.29. The molecule has 4 fully saturated rings. The van der Waals surface area contributed by atoms with Crippen molar-refractivity contribution in [2.45, 2.75) is 88.8 Å². The van der Waals surface area contributed by atoms with Crippen molar-refractivity contribution in [2.24, 2.45) is 17.3 Å². The molecule has 7 rings (SSSR count). The van der Waals surface area contributed by atoms with E-state index in [1.165, 1.54) is 101 Å². The second-order valence-corrected chi connectivity index (χ2v) is 11.4. The van der Waals surface area contributed by atoms with E-state index >= 15 is 0 Å². The molecular formula is C26H41N2O+. The number of fused-ring (bicyclic) bond motifs is 1. The number of quaternary nitrogens is 1. The Hall–Kier alpha value is -0.640. The van der Waals surface area contributed by atoms with Gasteiger partial charge in [-0.15, -0.1) is 0 Å². The van der Waals surface area contributed by atoms with Gasteiger partial charge in [-0.05, 0) is 88.8 Å². The lowest BCUT2D eigenvalue weighted by Gasteiger charge is -2.71. The molecule has 8 atom stereocenters. The van der Waals surface area contributed by atoms with Gasteiger partial charge >= 0.3 is 0 Å². The molecule has 2 spiro atoms. The third kappa shape index (κ3) is 2.79. The van der Waals surface area contributed by atoms with Crippen molar-refractivity contribution in [3.63, 3.8) is 0 Å². The topological polar surface area (TPSA) is 23.5 Å². The molecule has 3 nitrogen and oxygen atoms in total. The van der Waals surface area contributed by atoms with Gasteiger partial charge in [0.2, 0.25) is 0 Å². The van der Waals surface area contributed by atoms with Gasteiger partial charge in [-0.25, -0.2) is 0 Å². The van der Waals surface area contributed by atoms with E-state index < -0.39 is 0 Å². The van der Waals surface area contributed by atoms with Crippen molar-refractivity contribution < 1.29 is 9.59 Å². The van der Waals surface area contributed by atoms with Crippen LogP contribution in [0.3, 0.4) is 0 Å². The zero-order valence-corrected chi connectivity index (χ0v) is 18.3. The molecule has 0 radical (unpaired) electrons. The fourth-order valence-corrected chi connectivity index (χ4v) is 9.29. The summed E-state index contributed by atoms with van der Waals surface area (Å²) < 4.78 is 1.28. The number of rotatable bonds is 0. The van der Waals surface area contributed by atoms with E-state index in [0.29, 0.717) is 17.5 Å². The SMILES string of the molecule is O[C@@H]1CCCC[N+]23C[C@@H]4C=C5CC/C=C\CCCCN6CC[C@@H]4[C@](CC[C@H]12)(C6)[C@H]53. The van der Waals surface area contributed by atoms with Crippen LogP contribution >= 0.6 is 0 Å². The van der Waals surface area contributed by atoms with Crippen molar-refractivity contribution >= 4 is 0 Å². The number of allylic oxidation sites excluding steroid dienone is 2. The fraction of sp³-hybridized carbons (Fsp3) is 0.846. The molecule has 160 valence electrons. The Labute approximate surface area is 177 Å². The maximum absolute atomic E-state index is 11.2. The Balaban J connectivity index is 1.46. The summed E-state index contributed by atoms with van der Waals surface area (Å²) in [5.74, 6) is 1.69. The average Bonchev–Trinajstić information content (AvgIpc) is 2.86. The van der Waals surface area contributed by atoms with Crippen molar-refractivity contribution in [2.75, 3.05) is 32.7 Å². The van der Waals surface area contributed by atoms with E-state index in [1.807, 2.05) is 5.57 Å². The quantitative estimate of drug-likeness (QED) is 0.487. The highest BCUT2D eigenvalue weighted by molar-refractivity contribution is 5.28. The van der Waals surface area contributed by atoms with Crippen LogP contribution in [0.1, 0.15) is 70.6 Å². The number of piperidine rings is 3. The summed E-state index contributed by atoms with van der Waals surface area (Å²) in [5, 5.41) is 11.2. The summed E-state index contributed by atoms with van der Waals surface area (Å²) >= 11 is 0. The Kier molecular flexibility index (Phi) is 4.74. The number of nitrogens with zero attached hydrogens (tertiary/aromatic N) is 2. The van der Waals surface area contributed by atoms with E-state index in [2.05, 4.69) is 23.1 Å². The molecule has 6 aliphatic heterocycles.